The number of carbonyl (C=O) groups excluding carboxylic acids is 1. The quantitative estimate of drug-likeness (QED) is 0.775. The van der Waals surface area contributed by atoms with E-state index in [4.69, 9.17) is 16.7 Å². The first-order valence-corrected chi connectivity index (χ1v) is 7.15. The lowest BCUT2D eigenvalue weighted by Gasteiger charge is -2.16. The number of rotatable bonds is 8. The number of amides is 1. The van der Waals surface area contributed by atoms with Gasteiger partial charge in [0.05, 0.1) is 12.8 Å². The van der Waals surface area contributed by atoms with E-state index >= 15 is 0 Å². The van der Waals surface area contributed by atoms with Gasteiger partial charge in [0.2, 0.25) is 5.91 Å². The molecule has 0 saturated carbocycles. The normalized spacial score (nSPS) is 11.9. The topological polar surface area (TPSA) is 66.4 Å². The molecule has 0 aromatic heterocycles. The molecule has 0 saturated heterocycles. The molecule has 1 aromatic rings. The van der Waals surface area contributed by atoms with Gasteiger partial charge in [0.1, 0.15) is 0 Å². The van der Waals surface area contributed by atoms with Crippen LogP contribution in [0.3, 0.4) is 0 Å². The summed E-state index contributed by atoms with van der Waals surface area (Å²) in [4.78, 5) is 22.8. The molecule has 0 fully saturated rings. The van der Waals surface area contributed by atoms with Gasteiger partial charge in [0.15, 0.2) is 0 Å². The van der Waals surface area contributed by atoms with Crippen molar-refractivity contribution < 1.29 is 14.7 Å². The van der Waals surface area contributed by atoms with E-state index in [0.29, 0.717) is 11.4 Å². The monoisotopic (exact) mass is 297 g/mol. The van der Waals surface area contributed by atoms with E-state index in [9.17, 15) is 9.59 Å². The fourth-order valence-electron chi connectivity index (χ4n) is 1.98. The molecule has 20 heavy (non-hydrogen) atoms. The highest BCUT2D eigenvalue weighted by Crippen LogP contribution is 2.15. The second-order valence-electron chi connectivity index (χ2n) is 4.77. The lowest BCUT2D eigenvalue weighted by atomic mass is 10.1. The van der Waals surface area contributed by atoms with Gasteiger partial charge in [0.25, 0.3) is 0 Å². The number of halogens is 1. The first-order valence-electron chi connectivity index (χ1n) is 6.77. The van der Waals surface area contributed by atoms with Crippen LogP contribution in [0, 0.1) is 0 Å². The largest absolute Gasteiger partial charge is 0.481 e. The molecule has 2 N–H and O–H groups in total. The lowest BCUT2D eigenvalue weighted by molar-refractivity contribution is -0.137. The Bertz CT molecular complexity index is 462. The second kappa shape index (κ2) is 8.59. The standard InChI is InChI=1S/C15H20ClNO3/c1-2-3-7-12(10-15(19)20)17-14(18)9-11-6-4-5-8-13(11)16/h4-6,8,12H,2-3,7,9-10H2,1H3,(H,17,18)(H,19,20). The maximum Gasteiger partial charge on any atom is 0.305 e. The molecule has 0 spiro atoms. The Labute approximate surface area is 124 Å². The van der Waals surface area contributed by atoms with E-state index in [1.165, 1.54) is 0 Å². The Balaban J connectivity index is 2.56. The molecule has 1 rings (SSSR count). The van der Waals surface area contributed by atoms with Crippen molar-refractivity contribution in [2.45, 2.75) is 45.1 Å². The number of benzene rings is 1. The molecule has 4 nitrogen and oxygen atoms in total. The Morgan fingerprint density at radius 3 is 2.65 bits per heavy atom. The first kappa shape index (κ1) is 16.5. The third-order valence-electron chi connectivity index (χ3n) is 3.00. The zero-order valence-electron chi connectivity index (χ0n) is 11.6. The lowest BCUT2D eigenvalue weighted by Crippen LogP contribution is -2.37. The first-order chi connectivity index (χ1) is 9.52. The highest BCUT2D eigenvalue weighted by Gasteiger charge is 2.16. The van der Waals surface area contributed by atoms with Crippen LogP contribution in [0.25, 0.3) is 0 Å². The minimum atomic E-state index is -0.899. The number of hydrogen-bond donors (Lipinski definition) is 2. The van der Waals surface area contributed by atoms with Gasteiger partial charge in [-0.1, -0.05) is 49.6 Å². The number of carboxylic acids is 1. The van der Waals surface area contributed by atoms with Gasteiger partial charge < -0.3 is 10.4 Å². The van der Waals surface area contributed by atoms with Crippen molar-refractivity contribution in [3.63, 3.8) is 0 Å². The van der Waals surface area contributed by atoms with Crippen LogP contribution >= 0.6 is 11.6 Å². The fourth-order valence-corrected chi connectivity index (χ4v) is 2.18. The molecular formula is C15H20ClNO3. The summed E-state index contributed by atoms with van der Waals surface area (Å²) in [7, 11) is 0. The molecule has 0 aliphatic rings. The van der Waals surface area contributed by atoms with Gasteiger partial charge in [-0.3, -0.25) is 9.59 Å². The van der Waals surface area contributed by atoms with Crippen molar-refractivity contribution in [1.29, 1.82) is 0 Å². The number of unbranched alkanes of at least 4 members (excludes halogenated alkanes) is 1. The van der Waals surface area contributed by atoms with E-state index in [1.54, 1.807) is 18.2 Å². The molecule has 1 amide bonds. The van der Waals surface area contributed by atoms with Crippen LogP contribution in [-0.4, -0.2) is 23.0 Å². The van der Waals surface area contributed by atoms with Crippen molar-refractivity contribution in [2.75, 3.05) is 0 Å². The minimum Gasteiger partial charge on any atom is -0.481 e. The Kier molecular flexibility index (Phi) is 7.09. The Morgan fingerprint density at radius 1 is 1.35 bits per heavy atom. The fraction of sp³-hybridized carbons (Fsp3) is 0.467. The van der Waals surface area contributed by atoms with Crippen molar-refractivity contribution in [3.05, 3.63) is 34.9 Å². The summed E-state index contributed by atoms with van der Waals surface area (Å²) in [6, 6.07) is 6.83. The zero-order valence-corrected chi connectivity index (χ0v) is 12.3. The van der Waals surface area contributed by atoms with E-state index in [-0.39, 0.29) is 24.8 Å². The smallest absolute Gasteiger partial charge is 0.305 e. The number of hydrogen-bond acceptors (Lipinski definition) is 2. The molecule has 1 aromatic carbocycles. The second-order valence-corrected chi connectivity index (χ2v) is 5.18. The summed E-state index contributed by atoms with van der Waals surface area (Å²) in [5.41, 5.74) is 0.747. The Hall–Kier alpha value is -1.55. The van der Waals surface area contributed by atoms with Crippen molar-refractivity contribution in [1.82, 2.24) is 5.32 Å². The predicted molar refractivity (Wildman–Crippen MR) is 78.9 cm³/mol. The molecule has 1 unspecified atom stereocenters. The third kappa shape index (κ3) is 6.06. The average Bonchev–Trinajstić information content (AvgIpc) is 2.38. The highest BCUT2D eigenvalue weighted by molar-refractivity contribution is 6.31. The van der Waals surface area contributed by atoms with Crippen molar-refractivity contribution >= 4 is 23.5 Å². The summed E-state index contributed by atoms with van der Waals surface area (Å²) >= 11 is 6.00. The number of aliphatic carboxylic acids is 1. The molecular weight excluding hydrogens is 278 g/mol. The van der Waals surface area contributed by atoms with Crippen LogP contribution in [0.1, 0.15) is 38.2 Å². The third-order valence-corrected chi connectivity index (χ3v) is 3.37. The molecule has 0 bridgehead atoms. The van der Waals surface area contributed by atoms with Crippen LogP contribution in [-0.2, 0) is 16.0 Å². The SMILES string of the molecule is CCCCC(CC(=O)O)NC(=O)Cc1ccccc1Cl. The van der Waals surface area contributed by atoms with Gasteiger partial charge in [-0.25, -0.2) is 0 Å². The maximum atomic E-state index is 12.0. The summed E-state index contributed by atoms with van der Waals surface area (Å²) in [5.74, 6) is -1.09. The number of carbonyl (C=O) groups is 2. The number of nitrogens with one attached hydrogen (secondary N) is 1. The zero-order chi connectivity index (χ0) is 15.0. The van der Waals surface area contributed by atoms with Gasteiger partial charge in [-0.2, -0.15) is 0 Å². The van der Waals surface area contributed by atoms with E-state index < -0.39 is 5.97 Å². The Morgan fingerprint density at radius 2 is 2.05 bits per heavy atom. The van der Waals surface area contributed by atoms with Crippen LogP contribution in [0.4, 0.5) is 0 Å². The maximum absolute atomic E-state index is 12.0. The summed E-state index contributed by atoms with van der Waals surface area (Å²) in [5, 5.41) is 12.2. The predicted octanol–water partition coefficient (Wildman–Crippen LogP) is 3.03. The summed E-state index contributed by atoms with van der Waals surface area (Å²) in [6.07, 6.45) is 2.66. The van der Waals surface area contributed by atoms with Crippen LogP contribution < -0.4 is 5.32 Å². The van der Waals surface area contributed by atoms with Crippen molar-refractivity contribution in [3.8, 4) is 0 Å². The van der Waals surface area contributed by atoms with Crippen LogP contribution in [0.15, 0.2) is 24.3 Å². The number of carboxylic acid groups (broad SMARTS) is 1. The molecule has 110 valence electrons. The minimum absolute atomic E-state index is 0.0474. The summed E-state index contributed by atoms with van der Waals surface area (Å²) < 4.78 is 0. The molecule has 1 atom stereocenters. The molecule has 5 heteroatoms. The molecule has 0 heterocycles. The van der Waals surface area contributed by atoms with Crippen LogP contribution in [0.5, 0.6) is 0 Å². The highest BCUT2D eigenvalue weighted by atomic mass is 35.5. The van der Waals surface area contributed by atoms with Crippen LogP contribution in [0.2, 0.25) is 5.02 Å². The van der Waals surface area contributed by atoms with E-state index in [2.05, 4.69) is 5.32 Å². The van der Waals surface area contributed by atoms with Gasteiger partial charge in [0, 0.05) is 11.1 Å². The molecule has 0 radical (unpaired) electrons. The average molecular weight is 298 g/mol. The molecule has 0 aliphatic heterocycles. The van der Waals surface area contributed by atoms with E-state index in [1.807, 2.05) is 13.0 Å². The van der Waals surface area contributed by atoms with E-state index in [0.717, 1.165) is 18.4 Å². The van der Waals surface area contributed by atoms with Crippen molar-refractivity contribution in [2.24, 2.45) is 0 Å². The van der Waals surface area contributed by atoms with Gasteiger partial charge in [-0.15, -0.1) is 0 Å². The van der Waals surface area contributed by atoms with Gasteiger partial charge in [-0.05, 0) is 18.1 Å². The van der Waals surface area contributed by atoms with Gasteiger partial charge >= 0.3 is 5.97 Å². The summed E-state index contributed by atoms with van der Waals surface area (Å²) in [6.45, 7) is 2.03. The molecule has 0 aliphatic carbocycles.